The molecule has 0 amide bonds. The number of aryl methyl sites for hydroxylation is 2. The minimum atomic E-state index is -0.0349. The normalized spacial score (nSPS) is 11.3. The third-order valence-corrected chi connectivity index (χ3v) is 3.36. The van der Waals surface area contributed by atoms with Gasteiger partial charge < -0.3 is 0 Å². The number of hydrogen-bond acceptors (Lipinski definition) is 2. The molecule has 0 atom stereocenters. The maximum Gasteiger partial charge on any atom is 0.259 e. The van der Waals surface area contributed by atoms with Crippen molar-refractivity contribution in [3.05, 3.63) is 51.4 Å². The Morgan fingerprint density at radius 3 is 2.72 bits per heavy atom. The third-order valence-electron chi connectivity index (χ3n) is 3.15. The first-order valence-electron chi connectivity index (χ1n) is 5.62. The van der Waals surface area contributed by atoms with Gasteiger partial charge in [0.1, 0.15) is 5.65 Å². The summed E-state index contributed by atoms with van der Waals surface area (Å²) in [7, 11) is 1.73. The Kier molecular flexibility index (Phi) is 2.38. The van der Waals surface area contributed by atoms with Crippen molar-refractivity contribution >= 4 is 33.4 Å². The third kappa shape index (κ3) is 1.51. The van der Waals surface area contributed by atoms with Gasteiger partial charge in [0, 0.05) is 24.0 Å². The van der Waals surface area contributed by atoms with E-state index in [1.165, 1.54) is 0 Å². The zero-order valence-electron chi connectivity index (χ0n) is 10.1. The van der Waals surface area contributed by atoms with Gasteiger partial charge in [-0.15, -0.1) is 0 Å². The van der Waals surface area contributed by atoms with Crippen molar-refractivity contribution in [1.29, 1.82) is 0 Å². The number of aromatic nitrogens is 2. The number of rotatable bonds is 0. The molecule has 3 rings (SSSR count). The zero-order chi connectivity index (χ0) is 12.9. The molecule has 0 aliphatic carbocycles. The minimum absolute atomic E-state index is 0.0349. The molecular formula is C14H11ClN2O. The second-order valence-electron chi connectivity index (χ2n) is 4.44. The Bertz CT molecular complexity index is 836. The number of hydrogen-bond donors (Lipinski definition) is 0. The first-order valence-corrected chi connectivity index (χ1v) is 6.00. The average Bonchev–Trinajstić information content (AvgIpc) is 2.36. The lowest BCUT2D eigenvalue weighted by molar-refractivity contribution is 0.899. The minimum Gasteiger partial charge on any atom is -0.295 e. The van der Waals surface area contributed by atoms with Crippen LogP contribution < -0.4 is 5.56 Å². The van der Waals surface area contributed by atoms with Gasteiger partial charge in [0.25, 0.3) is 5.56 Å². The highest BCUT2D eigenvalue weighted by atomic mass is 35.5. The topological polar surface area (TPSA) is 34.9 Å². The number of fused-ring (bicyclic) bond motifs is 3. The van der Waals surface area contributed by atoms with Crippen molar-refractivity contribution in [2.75, 3.05) is 0 Å². The number of benzene rings is 1. The standard InChI is InChI=1S/C14H11ClN2O/c1-8-3-4-10-11(5-8)12-6-9(15)7-16-13(12)17(2)14(10)18/h3-7H,1-2H3. The fourth-order valence-electron chi connectivity index (χ4n) is 2.24. The van der Waals surface area contributed by atoms with Crippen molar-refractivity contribution in [3.63, 3.8) is 0 Å². The van der Waals surface area contributed by atoms with Crippen LogP contribution in [0.1, 0.15) is 5.56 Å². The Morgan fingerprint density at radius 1 is 1.17 bits per heavy atom. The van der Waals surface area contributed by atoms with Crippen LogP contribution >= 0.6 is 11.6 Å². The van der Waals surface area contributed by atoms with Crippen molar-refractivity contribution in [3.8, 4) is 0 Å². The Labute approximate surface area is 109 Å². The molecule has 0 saturated carbocycles. The van der Waals surface area contributed by atoms with Gasteiger partial charge in [-0.25, -0.2) is 4.98 Å². The molecule has 4 heteroatoms. The van der Waals surface area contributed by atoms with Gasteiger partial charge in [-0.1, -0.05) is 29.3 Å². The van der Waals surface area contributed by atoms with Gasteiger partial charge in [0.15, 0.2) is 0 Å². The molecule has 0 aliphatic heterocycles. The molecule has 3 nitrogen and oxygen atoms in total. The molecule has 0 aliphatic rings. The predicted molar refractivity (Wildman–Crippen MR) is 74.2 cm³/mol. The van der Waals surface area contributed by atoms with Crippen molar-refractivity contribution < 1.29 is 0 Å². The van der Waals surface area contributed by atoms with Crippen molar-refractivity contribution in [1.82, 2.24) is 9.55 Å². The van der Waals surface area contributed by atoms with Gasteiger partial charge in [-0.05, 0) is 24.4 Å². The number of pyridine rings is 2. The summed E-state index contributed by atoms with van der Waals surface area (Å²) in [6.45, 7) is 2.00. The first kappa shape index (κ1) is 11.2. The highest BCUT2D eigenvalue weighted by Crippen LogP contribution is 2.24. The lowest BCUT2D eigenvalue weighted by atomic mass is 10.1. The Morgan fingerprint density at radius 2 is 1.94 bits per heavy atom. The smallest absolute Gasteiger partial charge is 0.259 e. The highest BCUT2D eigenvalue weighted by Gasteiger charge is 2.09. The van der Waals surface area contributed by atoms with Gasteiger partial charge in [-0.2, -0.15) is 0 Å². The number of halogens is 1. The second-order valence-corrected chi connectivity index (χ2v) is 4.87. The van der Waals surface area contributed by atoms with Crippen LogP contribution in [0.15, 0.2) is 35.3 Å². The van der Waals surface area contributed by atoms with E-state index in [9.17, 15) is 4.79 Å². The highest BCUT2D eigenvalue weighted by molar-refractivity contribution is 6.31. The van der Waals surface area contributed by atoms with Crippen LogP contribution in [0.2, 0.25) is 5.02 Å². The summed E-state index contributed by atoms with van der Waals surface area (Å²) in [6.07, 6.45) is 1.56. The summed E-state index contributed by atoms with van der Waals surface area (Å²) in [5.41, 5.74) is 1.73. The lowest BCUT2D eigenvalue weighted by Crippen LogP contribution is -2.18. The van der Waals surface area contributed by atoms with E-state index in [0.717, 1.165) is 16.3 Å². The van der Waals surface area contributed by atoms with E-state index in [4.69, 9.17) is 11.6 Å². The van der Waals surface area contributed by atoms with Crippen molar-refractivity contribution in [2.24, 2.45) is 7.05 Å². The second kappa shape index (κ2) is 3.82. The molecule has 0 radical (unpaired) electrons. The van der Waals surface area contributed by atoms with Crippen LogP contribution in [-0.2, 0) is 7.05 Å². The maximum atomic E-state index is 12.2. The molecule has 1 aromatic carbocycles. The lowest BCUT2D eigenvalue weighted by Gasteiger charge is -2.08. The van der Waals surface area contributed by atoms with E-state index in [0.29, 0.717) is 16.1 Å². The zero-order valence-corrected chi connectivity index (χ0v) is 10.8. The quantitative estimate of drug-likeness (QED) is 0.581. The van der Waals surface area contributed by atoms with E-state index in [-0.39, 0.29) is 5.56 Å². The summed E-state index contributed by atoms with van der Waals surface area (Å²) in [5, 5.41) is 3.08. The monoisotopic (exact) mass is 258 g/mol. The fraction of sp³-hybridized carbons (Fsp3) is 0.143. The Hall–Kier alpha value is -1.87. The molecule has 0 fully saturated rings. The van der Waals surface area contributed by atoms with Gasteiger partial charge in [-0.3, -0.25) is 9.36 Å². The molecule has 90 valence electrons. The van der Waals surface area contributed by atoms with E-state index in [2.05, 4.69) is 4.98 Å². The van der Waals surface area contributed by atoms with Crippen LogP contribution in [0, 0.1) is 6.92 Å². The molecule has 3 aromatic rings. The fourth-order valence-corrected chi connectivity index (χ4v) is 2.40. The molecule has 0 unspecified atom stereocenters. The largest absolute Gasteiger partial charge is 0.295 e. The molecule has 0 saturated heterocycles. The summed E-state index contributed by atoms with van der Waals surface area (Å²) in [5.74, 6) is 0. The van der Waals surface area contributed by atoms with Crippen LogP contribution in [0.4, 0.5) is 0 Å². The summed E-state index contributed by atoms with van der Waals surface area (Å²) < 4.78 is 1.56. The SMILES string of the molecule is Cc1ccc2c(=O)n(C)c3ncc(Cl)cc3c2c1. The first-order chi connectivity index (χ1) is 8.58. The maximum absolute atomic E-state index is 12.2. The predicted octanol–water partition coefficient (Wildman–Crippen LogP) is 3.05. The summed E-state index contributed by atoms with van der Waals surface area (Å²) in [6, 6.07) is 7.64. The molecule has 0 N–H and O–H groups in total. The molecule has 18 heavy (non-hydrogen) atoms. The van der Waals surface area contributed by atoms with Gasteiger partial charge >= 0.3 is 0 Å². The molecule has 2 heterocycles. The molecule has 0 bridgehead atoms. The van der Waals surface area contributed by atoms with E-state index >= 15 is 0 Å². The van der Waals surface area contributed by atoms with Crippen LogP contribution in [0.3, 0.4) is 0 Å². The van der Waals surface area contributed by atoms with Crippen LogP contribution in [0.25, 0.3) is 21.8 Å². The van der Waals surface area contributed by atoms with Crippen molar-refractivity contribution in [2.45, 2.75) is 6.92 Å². The van der Waals surface area contributed by atoms with Gasteiger partial charge in [0.05, 0.1) is 5.02 Å². The molecular weight excluding hydrogens is 248 g/mol. The van der Waals surface area contributed by atoms with E-state index in [1.807, 2.05) is 31.2 Å². The average molecular weight is 259 g/mol. The number of nitrogens with zero attached hydrogens (tertiary/aromatic N) is 2. The van der Waals surface area contributed by atoms with E-state index < -0.39 is 0 Å². The molecule has 0 spiro atoms. The van der Waals surface area contributed by atoms with E-state index in [1.54, 1.807) is 17.8 Å². The molecule has 2 aromatic heterocycles. The summed E-state index contributed by atoms with van der Waals surface area (Å²) >= 11 is 6.00. The Balaban J connectivity index is 2.69. The van der Waals surface area contributed by atoms with Crippen LogP contribution in [0.5, 0.6) is 0 Å². The van der Waals surface area contributed by atoms with Gasteiger partial charge in [0.2, 0.25) is 0 Å². The summed E-state index contributed by atoms with van der Waals surface area (Å²) in [4.78, 5) is 16.5. The van der Waals surface area contributed by atoms with Crippen LogP contribution in [-0.4, -0.2) is 9.55 Å².